The van der Waals surface area contributed by atoms with Gasteiger partial charge < -0.3 is 9.73 Å². The quantitative estimate of drug-likeness (QED) is 0.502. The normalized spacial score (nSPS) is 10.7. The van der Waals surface area contributed by atoms with E-state index in [1.165, 1.54) is 12.3 Å². The van der Waals surface area contributed by atoms with Gasteiger partial charge in [-0.1, -0.05) is 17.8 Å². The maximum Gasteiger partial charge on any atom is 0.234 e. The molecule has 0 spiro atoms. The Bertz CT molecular complexity index is 925. The van der Waals surface area contributed by atoms with Crippen molar-refractivity contribution in [3.05, 3.63) is 60.9 Å². The first kappa shape index (κ1) is 17.9. The third-order valence-corrected chi connectivity index (χ3v) is 4.27. The second-order valence-electron chi connectivity index (χ2n) is 5.14. The number of rotatable bonds is 7. The van der Waals surface area contributed by atoms with Crippen LogP contribution in [0.3, 0.4) is 0 Å². The smallest absolute Gasteiger partial charge is 0.234 e. The van der Waals surface area contributed by atoms with E-state index in [9.17, 15) is 13.6 Å². The highest BCUT2D eigenvalue weighted by molar-refractivity contribution is 7.99. The molecule has 134 valence electrons. The number of halogens is 2. The fourth-order valence-corrected chi connectivity index (χ4v) is 2.93. The molecule has 0 saturated carbocycles. The minimum Gasteiger partial charge on any atom is -0.461 e. The average molecular weight is 376 g/mol. The number of nitrogens with one attached hydrogen (secondary N) is 1. The summed E-state index contributed by atoms with van der Waals surface area (Å²) in [6.45, 7) is 4.13. The van der Waals surface area contributed by atoms with Crippen molar-refractivity contribution in [3.8, 4) is 11.6 Å². The molecular formula is C17H14F2N4O2S. The molecule has 0 fully saturated rings. The van der Waals surface area contributed by atoms with Gasteiger partial charge in [-0.15, -0.1) is 16.8 Å². The van der Waals surface area contributed by atoms with Crippen molar-refractivity contribution in [2.45, 2.75) is 11.7 Å². The second-order valence-corrected chi connectivity index (χ2v) is 6.09. The molecule has 3 aromatic rings. The van der Waals surface area contributed by atoms with E-state index >= 15 is 0 Å². The van der Waals surface area contributed by atoms with E-state index in [4.69, 9.17) is 4.42 Å². The van der Waals surface area contributed by atoms with Gasteiger partial charge in [0.2, 0.25) is 11.7 Å². The standard InChI is InChI=1S/C17H14F2N4O2S/c1-2-7-23-16(14-4-3-8-25-14)21-22-17(23)26-10-15(24)20-13-6-5-11(18)9-12(13)19/h2-6,8-9H,1,7,10H2,(H,20,24). The van der Waals surface area contributed by atoms with Crippen LogP contribution in [-0.2, 0) is 11.3 Å². The number of aromatic nitrogens is 3. The van der Waals surface area contributed by atoms with Gasteiger partial charge in [0.1, 0.15) is 11.6 Å². The Labute approximate surface area is 151 Å². The zero-order chi connectivity index (χ0) is 18.5. The van der Waals surface area contributed by atoms with Crippen LogP contribution >= 0.6 is 11.8 Å². The predicted molar refractivity (Wildman–Crippen MR) is 93.6 cm³/mol. The third kappa shape index (κ3) is 3.99. The van der Waals surface area contributed by atoms with Gasteiger partial charge in [0.05, 0.1) is 17.7 Å². The maximum atomic E-state index is 13.6. The third-order valence-electron chi connectivity index (χ3n) is 3.31. The minimum absolute atomic E-state index is 0.0236. The molecule has 9 heteroatoms. The number of carbonyl (C=O) groups is 1. The van der Waals surface area contributed by atoms with Gasteiger partial charge in [-0.25, -0.2) is 8.78 Å². The van der Waals surface area contributed by atoms with Crippen molar-refractivity contribution >= 4 is 23.4 Å². The summed E-state index contributed by atoms with van der Waals surface area (Å²) < 4.78 is 33.6. The topological polar surface area (TPSA) is 73.0 Å². The lowest BCUT2D eigenvalue weighted by atomic mass is 10.3. The Balaban J connectivity index is 1.69. The van der Waals surface area contributed by atoms with Gasteiger partial charge in [-0.05, 0) is 24.3 Å². The van der Waals surface area contributed by atoms with E-state index in [0.717, 1.165) is 17.8 Å². The summed E-state index contributed by atoms with van der Waals surface area (Å²) in [4.78, 5) is 12.0. The maximum absolute atomic E-state index is 13.6. The van der Waals surface area contributed by atoms with Crippen LogP contribution in [0.1, 0.15) is 0 Å². The highest BCUT2D eigenvalue weighted by Gasteiger charge is 2.17. The van der Waals surface area contributed by atoms with Gasteiger partial charge in [0.25, 0.3) is 0 Å². The first-order valence-corrected chi connectivity index (χ1v) is 8.52. The number of carbonyl (C=O) groups excluding carboxylic acids is 1. The average Bonchev–Trinajstić information content (AvgIpc) is 3.26. The summed E-state index contributed by atoms with van der Waals surface area (Å²) in [5.74, 6) is -0.958. The van der Waals surface area contributed by atoms with Crippen LogP contribution in [0.2, 0.25) is 0 Å². The van der Waals surface area contributed by atoms with Crippen LogP contribution in [0, 0.1) is 11.6 Å². The van der Waals surface area contributed by atoms with Crippen LogP contribution in [0.5, 0.6) is 0 Å². The zero-order valence-corrected chi connectivity index (χ0v) is 14.3. The number of benzene rings is 1. The number of allylic oxidation sites excluding steroid dienone is 1. The van der Waals surface area contributed by atoms with Crippen LogP contribution in [0.25, 0.3) is 11.6 Å². The summed E-state index contributed by atoms with van der Waals surface area (Å²) >= 11 is 1.13. The van der Waals surface area contributed by atoms with Gasteiger partial charge in [0, 0.05) is 12.6 Å². The van der Waals surface area contributed by atoms with Crippen LogP contribution in [0.15, 0.2) is 58.8 Å². The monoisotopic (exact) mass is 376 g/mol. The summed E-state index contributed by atoms with van der Waals surface area (Å²) in [6.07, 6.45) is 3.20. The molecule has 0 unspecified atom stereocenters. The number of thioether (sulfide) groups is 1. The molecule has 0 atom stereocenters. The van der Waals surface area contributed by atoms with Crippen molar-refractivity contribution in [1.29, 1.82) is 0 Å². The molecule has 0 bridgehead atoms. The molecule has 0 radical (unpaired) electrons. The van der Waals surface area contributed by atoms with E-state index in [2.05, 4.69) is 22.1 Å². The van der Waals surface area contributed by atoms with Crippen molar-refractivity contribution in [3.63, 3.8) is 0 Å². The first-order chi connectivity index (χ1) is 12.6. The number of hydrogen-bond acceptors (Lipinski definition) is 5. The van der Waals surface area contributed by atoms with Gasteiger partial charge in [-0.3, -0.25) is 9.36 Å². The SMILES string of the molecule is C=CCn1c(SCC(=O)Nc2ccc(F)cc2F)nnc1-c1ccco1. The van der Waals surface area contributed by atoms with Crippen molar-refractivity contribution in [1.82, 2.24) is 14.8 Å². The zero-order valence-electron chi connectivity index (χ0n) is 13.5. The van der Waals surface area contributed by atoms with Crippen LogP contribution < -0.4 is 5.32 Å². The Hall–Kier alpha value is -2.94. The molecule has 1 aromatic carbocycles. The Morgan fingerprint density at radius 2 is 2.19 bits per heavy atom. The molecular weight excluding hydrogens is 362 g/mol. The molecule has 2 aromatic heterocycles. The first-order valence-electron chi connectivity index (χ1n) is 7.54. The number of amides is 1. The molecule has 1 N–H and O–H groups in total. The molecule has 1 amide bonds. The van der Waals surface area contributed by atoms with E-state index in [-0.39, 0.29) is 11.4 Å². The van der Waals surface area contributed by atoms with Crippen molar-refractivity contribution < 1.29 is 18.0 Å². The lowest BCUT2D eigenvalue weighted by Crippen LogP contribution is -2.15. The van der Waals surface area contributed by atoms with E-state index in [1.807, 2.05) is 0 Å². The Morgan fingerprint density at radius 1 is 1.35 bits per heavy atom. The molecule has 6 nitrogen and oxygen atoms in total. The lowest BCUT2D eigenvalue weighted by Gasteiger charge is -2.07. The number of nitrogens with zero attached hydrogens (tertiary/aromatic N) is 3. The minimum atomic E-state index is -0.835. The summed E-state index contributed by atoms with van der Waals surface area (Å²) in [5, 5.41) is 11.0. The number of anilines is 1. The molecule has 0 aliphatic carbocycles. The summed E-state index contributed by atoms with van der Waals surface area (Å²) in [7, 11) is 0. The Kier molecular flexibility index (Phi) is 5.47. The fourth-order valence-electron chi connectivity index (χ4n) is 2.18. The van der Waals surface area contributed by atoms with E-state index in [1.54, 1.807) is 22.8 Å². The Morgan fingerprint density at radius 3 is 2.88 bits per heavy atom. The predicted octanol–water partition coefficient (Wildman–Crippen LogP) is 3.73. The van der Waals surface area contributed by atoms with Gasteiger partial charge in [0.15, 0.2) is 10.9 Å². The summed E-state index contributed by atoms with van der Waals surface area (Å²) in [6, 6.07) is 6.44. The van der Waals surface area contributed by atoms with E-state index in [0.29, 0.717) is 29.4 Å². The molecule has 0 aliphatic heterocycles. The molecule has 26 heavy (non-hydrogen) atoms. The number of furan rings is 1. The highest BCUT2D eigenvalue weighted by Crippen LogP contribution is 2.24. The lowest BCUT2D eigenvalue weighted by molar-refractivity contribution is -0.113. The highest BCUT2D eigenvalue weighted by atomic mass is 32.2. The van der Waals surface area contributed by atoms with Gasteiger partial charge >= 0.3 is 0 Å². The molecule has 0 saturated heterocycles. The molecule has 2 heterocycles. The largest absolute Gasteiger partial charge is 0.461 e. The van der Waals surface area contributed by atoms with Crippen LogP contribution in [-0.4, -0.2) is 26.4 Å². The number of hydrogen-bond donors (Lipinski definition) is 1. The second kappa shape index (κ2) is 7.96. The van der Waals surface area contributed by atoms with Crippen molar-refractivity contribution in [2.75, 3.05) is 11.1 Å². The van der Waals surface area contributed by atoms with Crippen molar-refractivity contribution in [2.24, 2.45) is 0 Å². The summed E-state index contributed by atoms with van der Waals surface area (Å²) in [5.41, 5.74) is -0.0826. The van der Waals surface area contributed by atoms with Gasteiger partial charge in [-0.2, -0.15) is 0 Å². The van der Waals surface area contributed by atoms with Crippen LogP contribution in [0.4, 0.5) is 14.5 Å². The van der Waals surface area contributed by atoms with E-state index < -0.39 is 17.5 Å². The molecule has 0 aliphatic rings. The molecule has 3 rings (SSSR count). The fraction of sp³-hybridized carbons (Fsp3) is 0.118.